The molecular weight excluding hydrogens is 1170 g/mol. The number of nitrogens with zero attached hydrogens (tertiary/aromatic N) is 3. The molecule has 3 fully saturated rings. The van der Waals surface area contributed by atoms with Gasteiger partial charge in [-0.05, 0) is 112 Å². The molecule has 0 spiro atoms. The lowest BCUT2D eigenvalue weighted by molar-refractivity contribution is -0.125. The van der Waals surface area contributed by atoms with Crippen LogP contribution in [0.5, 0.6) is 11.5 Å². The van der Waals surface area contributed by atoms with Gasteiger partial charge < -0.3 is 40.5 Å². The number of nitrogens with one attached hydrogen (secondary N) is 6. The minimum absolute atomic E-state index is 0.00659. The first-order chi connectivity index (χ1) is 41.9. The van der Waals surface area contributed by atoms with Crippen LogP contribution < -0.4 is 36.6 Å². The van der Waals surface area contributed by atoms with Crippen LogP contribution in [0.25, 0.3) is 0 Å². The van der Waals surface area contributed by atoms with Gasteiger partial charge in [0.15, 0.2) is 51.4 Å². The SMILES string of the molecule is O=C1NC(=O)C(CN2Cc3cc(F)c(F)cc3C2=O)(c2ccc(F)cc2)N1.O=C1NC(=O)C(CN2Cc3cc(O)c(F)cc3C2=O)(c2ccc(F)cc2)N1.O=C1NC(=O)C(CN2Cc3cc(OCc4ccccc4)c(F)cc3C2=O)(c2ccc(F)cc2)N1. The van der Waals surface area contributed by atoms with Gasteiger partial charge in [-0.1, -0.05) is 66.7 Å². The summed E-state index contributed by atoms with van der Waals surface area (Å²) >= 11 is 0. The molecule has 0 saturated carbocycles. The van der Waals surface area contributed by atoms with Crippen LogP contribution in [0.4, 0.5) is 45.1 Å². The third-order valence-corrected chi connectivity index (χ3v) is 15.5. The average molecular weight is 1210 g/mol. The lowest BCUT2D eigenvalue weighted by Crippen LogP contribution is -2.52. The summed E-state index contributed by atoms with van der Waals surface area (Å²) in [5.41, 5.74) is -1.66. The van der Waals surface area contributed by atoms with Gasteiger partial charge in [-0.2, -0.15) is 0 Å². The number of carbonyl (C=O) groups is 9. The highest BCUT2D eigenvalue weighted by molar-refractivity contribution is 6.10. The molecule has 3 atom stereocenters. The van der Waals surface area contributed by atoms with Crippen LogP contribution in [0, 0.1) is 40.7 Å². The number of imide groups is 3. The van der Waals surface area contributed by atoms with Crippen LogP contribution in [0.3, 0.4) is 0 Å². The van der Waals surface area contributed by atoms with Crippen molar-refractivity contribution in [2.45, 2.75) is 42.9 Å². The number of halogens is 7. The first kappa shape index (κ1) is 58.6. The Labute approximate surface area is 492 Å². The minimum Gasteiger partial charge on any atom is -0.505 e. The third-order valence-electron chi connectivity index (χ3n) is 15.5. The van der Waals surface area contributed by atoms with E-state index in [1.54, 1.807) is 0 Å². The first-order valence-electron chi connectivity index (χ1n) is 26.5. The zero-order chi connectivity index (χ0) is 62.6. The maximum absolute atomic E-state index is 14.7. The Morgan fingerprint density at radius 2 is 0.750 bits per heavy atom. The quantitative estimate of drug-likeness (QED) is 0.0521. The highest BCUT2D eigenvalue weighted by atomic mass is 19.2. The second-order valence-corrected chi connectivity index (χ2v) is 21.0. The Balaban J connectivity index is 0.000000138. The van der Waals surface area contributed by atoms with E-state index in [2.05, 4.69) is 31.9 Å². The normalized spacial score (nSPS) is 20.4. The largest absolute Gasteiger partial charge is 0.505 e. The average Bonchev–Trinajstić information content (AvgIpc) is 2.25. The maximum Gasteiger partial charge on any atom is 0.322 e. The Morgan fingerprint density at radius 1 is 0.409 bits per heavy atom. The van der Waals surface area contributed by atoms with Crippen molar-refractivity contribution in [1.82, 2.24) is 46.6 Å². The smallest absolute Gasteiger partial charge is 0.322 e. The summed E-state index contributed by atoms with van der Waals surface area (Å²) in [6.07, 6.45) is 0. The van der Waals surface area contributed by atoms with E-state index in [9.17, 15) is 79.0 Å². The third kappa shape index (κ3) is 10.9. The van der Waals surface area contributed by atoms with Crippen molar-refractivity contribution in [3.8, 4) is 11.5 Å². The lowest BCUT2D eigenvalue weighted by Gasteiger charge is -2.31. The predicted octanol–water partition coefficient (Wildman–Crippen LogP) is 6.39. The Morgan fingerprint density at radius 3 is 1.12 bits per heavy atom. The molecule has 3 saturated heterocycles. The number of hydrogen-bond donors (Lipinski definition) is 7. The van der Waals surface area contributed by atoms with Crippen molar-refractivity contribution in [2.75, 3.05) is 19.6 Å². The molecule has 7 aromatic rings. The van der Waals surface area contributed by atoms with Gasteiger partial charge in [0.25, 0.3) is 35.4 Å². The highest BCUT2D eigenvalue weighted by Crippen LogP contribution is 2.37. The summed E-state index contributed by atoms with van der Waals surface area (Å²) in [6, 6.07) is 28.5. The van der Waals surface area contributed by atoms with Gasteiger partial charge in [0.05, 0.1) is 19.6 Å². The fourth-order valence-corrected chi connectivity index (χ4v) is 11.1. The molecule has 0 aliphatic carbocycles. The summed E-state index contributed by atoms with van der Waals surface area (Å²) in [4.78, 5) is 115. The van der Waals surface area contributed by atoms with Crippen molar-refractivity contribution in [3.05, 3.63) is 236 Å². The molecule has 3 unspecified atom stereocenters. The number of ether oxygens (including phenoxy) is 1. The molecule has 0 bridgehead atoms. The number of carbonyl (C=O) groups excluding carboxylic acids is 9. The number of amides is 12. The van der Waals surface area contributed by atoms with Crippen molar-refractivity contribution in [1.29, 1.82) is 0 Å². The molecule has 6 aliphatic heterocycles. The monoisotopic (exact) mass is 1210 g/mol. The molecule has 0 aromatic heterocycles. The topological polar surface area (TPSA) is 265 Å². The van der Waals surface area contributed by atoms with Crippen LogP contribution in [0.1, 0.15) is 70.0 Å². The van der Waals surface area contributed by atoms with E-state index < -0.39 is 117 Å². The van der Waals surface area contributed by atoms with Gasteiger partial charge in [-0.15, -0.1) is 0 Å². The lowest BCUT2D eigenvalue weighted by atomic mass is 9.89. The fraction of sp³-hybridized carbons (Fsp3) is 0.164. The van der Waals surface area contributed by atoms with Gasteiger partial charge in [0, 0.05) is 36.3 Å². The van der Waals surface area contributed by atoms with E-state index in [0.29, 0.717) is 22.3 Å². The molecule has 7 N–H and O–H groups in total. The summed E-state index contributed by atoms with van der Waals surface area (Å²) < 4.78 is 101. The van der Waals surface area contributed by atoms with Crippen molar-refractivity contribution < 1.29 is 83.7 Å². The molecule has 20 nitrogen and oxygen atoms in total. The van der Waals surface area contributed by atoms with Crippen molar-refractivity contribution >= 4 is 53.5 Å². The number of urea groups is 3. The van der Waals surface area contributed by atoms with Crippen molar-refractivity contribution in [2.24, 2.45) is 0 Å². The summed E-state index contributed by atoms with van der Waals surface area (Å²) in [7, 11) is 0. The van der Waals surface area contributed by atoms with Gasteiger partial charge in [0.2, 0.25) is 0 Å². The van der Waals surface area contributed by atoms with E-state index in [0.717, 1.165) is 60.2 Å². The number of fused-ring (bicyclic) bond motifs is 3. The van der Waals surface area contributed by atoms with E-state index in [1.807, 2.05) is 30.3 Å². The van der Waals surface area contributed by atoms with Gasteiger partial charge in [-0.25, -0.2) is 45.1 Å². The van der Waals surface area contributed by atoms with E-state index in [-0.39, 0.29) is 79.4 Å². The Bertz CT molecular complexity index is 3950. The van der Waals surface area contributed by atoms with E-state index in [4.69, 9.17) is 4.74 Å². The maximum atomic E-state index is 14.7. The molecule has 448 valence electrons. The van der Waals surface area contributed by atoms with Crippen molar-refractivity contribution in [3.63, 3.8) is 0 Å². The molecule has 88 heavy (non-hydrogen) atoms. The Kier molecular flexibility index (Phi) is 15.1. The number of phenols is 1. The summed E-state index contributed by atoms with van der Waals surface area (Å²) in [5.74, 6) is -9.64. The number of rotatable bonds is 12. The van der Waals surface area contributed by atoms with Gasteiger partial charge in [0.1, 0.15) is 24.1 Å². The predicted molar refractivity (Wildman–Crippen MR) is 290 cm³/mol. The van der Waals surface area contributed by atoms with Crippen LogP contribution in [-0.2, 0) is 57.2 Å². The summed E-state index contributed by atoms with van der Waals surface area (Å²) in [6.45, 7) is -0.535. The standard InChI is InChI=1S/C25H19F2N3O4.C18H12F3N3O3.C18H13F2N3O4/c26-18-8-6-17(7-9-18)25(23(32)28-24(33)29-25)14-30-12-16-10-21(20(27)11-19(16)22(30)31)34-13-15-4-2-1-3-5-15;19-11-3-1-10(2-4-11)18(16(26)22-17(27)23-18)8-24-7-9-5-13(20)14(21)6-12(9)15(24)25;19-11-3-1-10(2-4-11)18(16(26)21-17(27)22-18)8-23-7-9-5-14(24)13(20)6-12(9)15(23)25/h1-11H,12-14H2,(H2,28,29,32,33);1-6H,7-8H2,(H2,22,23,26,27);1-6,24H,7-8H2,(H2,21,22,26,27). The number of hydrogen-bond acceptors (Lipinski definition) is 11. The van der Waals surface area contributed by atoms with Gasteiger partial charge in [-0.3, -0.25) is 44.7 Å². The van der Waals surface area contributed by atoms with E-state index in [1.165, 1.54) is 69.3 Å². The molecule has 13 rings (SSSR count). The summed E-state index contributed by atoms with van der Waals surface area (Å²) in [5, 5.41) is 23.5. The Hall–Kier alpha value is -11.1. The molecule has 6 aliphatic rings. The van der Waals surface area contributed by atoms with E-state index >= 15 is 0 Å². The second kappa shape index (κ2) is 22.7. The molecule has 27 heteroatoms. The number of benzene rings is 7. The number of phenolic OH excluding ortho intramolecular Hbond substituents is 1. The minimum atomic E-state index is -1.64. The molecule has 6 heterocycles. The zero-order valence-corrected chi connectivity index (χ0v) is 45.2. The van der Waals surface area contributed by atoms with Crippen LogP contribution in [0.15, 0.2) is 140 Å². The highest BCUT2D eigenvalue weighted by Gasteiger charge is 2.53. The zero-order valence-electron chi connectivity index (χ0n) is 45.2. The van der Waals surface area contributed by atoms with Crippen LogP contribution in [0.2, 0.25) is 0 Å². The number of aromatic hydroxyl groups is 1. The van der Waals surface area contributed by atoms with Gasteiger partial charge >= 0.3 is 18.1 Å². The van der Waals surface area contributed by atoms with Crippen LogP contribution >= 0.6 is 0 Å². The molecule has 12 amide bonds. The second-order valence-electron chi connectivity index (χ2n) is 21.0. The fourth-order valence-electron chi connectivity index (χ4n) is 11.1. The molecule has 7 aromatic carbocycles. The van der Waals surface area contributed by atoms with Crippen LogP contribution in [-0.4, -0.2) is 93.0 Å². The molecular formula is C61H44F7N9O11. The first-order valence-corrected chi connectivity index (χ1v) is 26.5. The molecule has 0 radical (unpaired) electrons.